The molecule has 138 valence electrons. The molecule has 1 amide bonds. The summed E-state index contributed by atoms with van der Waals surface area (Å²) < 4.78 is 2.27. The van der Waals surface area contributed by atoms with Gasteiger partial charge >= 0.3 is 0 Å². The molecule has 0 bridgehead atoms. The van der Waals surface area contributed by atoms with E-state index < -0.39 is 0 Å². The summed E-state index contributed by atoms with van der Waals surface area (Å²) in [4.78, 5) is 16.1. The topological polar surface area (TPSA) is 59.3 Å². The molecule has 0 atom stereocenters. The van der Waals surface area contributed by atoms with E-state index in [2.05, 4.69) is 51.3 Å². The Morgan fingerprint density at radius 2 is 1.75 bits per heavy atom. The second-order valence-corrected chi connectivity index (χ2v) is 6.52. The number of nitrogens with one attached hydrogen (secondary N) is 1. The van der Waals surface area contributed by atoms with E-state index in [0.717, 1.165) is 28.7 Å². The Hall–Kier alpha value is -3.73. The standard InChI is InChI=1S/C23H20N4O/c1-17-21(15-25-26-23(28)19-11-13-24-14-12-19)20-9-5-6-10-22(20)27(17)16-18-7-3-2-4-8-18/h2-15H,16H2,1H3,(H,26,28). The van der Waals surface area contributed by atoms with Gasteiger partial charge < -0.3 is 4.57 Å². The van der Waals surface area contributed by atoms with E-state index in [-0.39, 0.29) is 5.91 Å². The molecule has 0 spiro atoms. The minimum absolute atomic E-state index is 0.260. The van der Waals surface area contributed by atoms with Gasteiger partial charge in [0, 0.05) is 46.7 Å². The smallest absolute Gasteiger partial charge is 0.271 e. The van der Waals surface area contributed by atoms with E-state index >= 15 is 0 Å². The number of amides is 1. The van der Waals surface area contributed by atoms with Crippen LogP contribution in [0, 0.1) is 6.92 Å². The van der Waals surface area contributed by atoms with Crippen LogP contribution in [0.15, 0.2) is 84.2 Å². The largest absolute Gasteiger partial charge is 0.340 e. The molecule has 0 unspecified atom stereocenters. The number of fused-ring (bicyclic) bond motifs is 1. The van der Waals surface area contributed by atoms with Crippen molar-refractivity contribution in [1.29, 1.82) is 0 Å². The normalized spacial score (nSPS) is 11.2. The van der Waals surface area contributed by atoms with Crippen molar-refractivity contribution in [3.63, 3.8) is 0 Å². The van der Waals surface area contributed by atoms with Crippen molar-refractivity contribution in [1.82, 2.24) is 15.0 Å². The van der Waals surface area contributed by atoms with Crippen LogP contribution in [0.2, 0.25) is 0 Å². The second kappa shape index (κ2) is 7.88. The Kier molecular flexibility index (Phi) is 4.97. The predicted octanol–water partition coefficient (Wildman–Crippen LogP) is 4.16. The highest BCUT2D eigenvalue weighted by molar-refractivity contribution is 6.02. The van der Waals surface area contributed by atoms with Gasteiger partial charge in [-0.15, -0.1) is 0 Å². The first kappa shape index (κ1) is 17.7. The number of pyridine rings is 1. The number of aromatic nitrogens is 2. The van der Waals surface area contributed by atoms with E-state index in [1.165, 1.54) is 5.56 Å². The van der Waals surface area contributed by atoms with Gasteiger partial charge in [0.05, 0.1) is 6.21 Å². The molecule has 0 radical (unpaired) electrons. The molecule has 2 aromatic heterocycles. The summed E-state index contributed by atoms with van der Waals surface area (Å²) in [7, 11) is 0. The van der Waals surface area contributed by atoms with Crippen LogP contribution in [-0.4, -0.2) is 21.7 Å². The van der Waals surface area contributed by atoms with E-state index in [1.54, 1.807) is 30.7 Å². The lowest BCUT2D eigenvalue weighted by molar-refractivity contribution is 0.0955. The summed E-state index contributed by atoms with van der Waals surface area (Å²) in [5.74, 6) is -0.260. The van der Waals surface area contributed by atoms with Gasteiger partial charge in [0.25, 0.3) is 5.91 Å². The zero-order chi connectivity index (χ0) is 19.3. The minimum Gasteiger partial charge on any atom is -0.340 e. The van der Waals surface area contributed by atoms with Crippen molar-refractivity contribution in [3.8, 4) is 0 Å². The van der Waals surface area contributed by atoms with Crippen LogP contribution in [0.3, 0.4) is 0 Å². The van der Waals surface area contributed by atoms with Crippen LogP contribution in [0.25, 0.3) is 10.9 Å². The molecule has 0 fully saturated rings. The number of rotatable bonds is 5. The van der Waals surface area contributed by atoms with Gasteiger partial charge in [-0.05, 0) is 30.7 Å². The fourth-order valence-electron chi connectivity index (χ4n) is 3.31. The molecule has 5 nitrogen and oxygen atoms in total. The molecule has 0 saturated carbocycles. The maximum Gasteiger partial charge on any atom is 0.271 e. The summed E-state index contributed by atoms with van der Waals surface area (Å²) in [6, 6.07) is 21.9. The summed E-state index contributed by atoms with van der Waals surface area (Å²) >= 11 is 0. The number of hydrazone groups is 1. The maximum atomic E-state index is 12.2. The Morgan fingerprint density at radius 1 is 1.04 bits per heavy atom. The highest BCUT2D eigenvalue weighted by Crippen LogP contribution is 2.25. The Balaban J connectivity index is 1.64. The molecule has 0 saturated heterocycles. The first-order chi connectivity index (χ1) is 13.7. The van der Waals surface area contributed by atoms with Gasteiger partial charge in [-0.2, -0.15) is 5.10 Å². The van der Waals surface area contributed by atoms with Crippen LogP contribution in [0.1, 0.15) is 27.2 Å². The van der Waals surface area contributed by atoms with E-state index in [4.69, 9.17) is 0 Å². The summed E-state index contributed by atoms with van der Waals surface area (Å²) in [5, 5.41) is 5.30. The molecule has 4 rings (SSSR count). The van der Waals surface area contributed by atoms with Gasteiger partial charge in [-0.3, -0.25) is 9.78 Å². The highest BCUT2D eigenvalue weighted by atomic mass is 16.2. The molecule has 2 heterocycles. The summed E-state index contributed by atoms with van der Waals surface area (Å²) in [5.41, 5.74) is 7.60. The Morgan fingerprint density at radius 3 is 2.54 bits per heavy atom. The van der Waals surface area contributed by atoms with Crippen molar-refractivity contribution >= 4 is 23.0 Å². The molecule has 28 heavy (non-hydrogen) atoms. The molecule has 0 aliphatic carbocycles. The Labute approximate surface area is 163 Å². The lowest BCUT2D eigenvalue weighted by Crippen LogP contribution is -2.17. The van der Waals surface area contributed by atoms with Crippen LogP contribution < -0.4 is 5.43 Å². The molecule has 1 N–H and O–H groups in total. The number of para-hydroxylation sites is 1. The number of hydrogen-bond donors (Lipinski definition) is 1. The van der Waals surface area contributed by atoms with Crippen molar-refractivity contribution in [3.05, 3.63) is 102 Å². The number of carbonyl (C=O) groups is 1. The van der Waals surface area contributed by atoms with E-state index in [1.807, 2.05) is 30.3 Å². The third-order valence-corrected chi connectivity index (χ3v) is 4.77. The zero-order valence-electron chi connectivity index (χ0n) is 15.5. The maximum absolute atomic E-state index is 12.2. The molecular weight excluding hydrogens is 348 g/mol. The summed E-state index contributed by atoms with van der Waals surface area (Å²) in [6.45, 7) is 2.86. The van der Waals surface area contributed by atoms with Gasteiger partial charge in [-0.1, -0.05) is 48.5 Å². The minimum atomic E-state index is -0.260. The predicted molar refractivity (Wildman–Crippen MR) is 112 cm³/mol. The van der Waals surface area contributed by atoms with Crippen LogP contribution in [0.5, 0.6) is 0 Å². The third kappa shape index (κ3) is 3.55. The quantitative estimate of drug-likeness (QED) is 0.425. The van der Waals surface area contributed by atoms with E-state index in [9.17, 15) is 4.79 Å². The van der Waals surface area contributed by atoms with Crippen molar-refractivity contribution < 1.29 is 4.79 Å². The van der Waals surface area contributed by atoms with E-state index in [0.29, 0.717) is 5.56 Å². The fourth-order valence-corrected chi connectivity index (χ4v) is 3.31. The molecule has 5 heteroatoms. The van der Waals surface area contributed by atoms with Crippen LogP contribution >= 0.6 is 0 Å². The second-order valence-electron chi connectivity index (χ2n) is 6.52. The highest BCUT2D eigenvalue weighted by Gasteiger charge is 2.13. The fraction of sp³-hybridized carbons (Fsp3) is 0.0870. The van der Waals surface area contributed by atoms with Gasteiger partial charge in [0.2, 0.25) is 0 Å². The first-order valence-electron chi connectivity index (χ1n) is 9.09. The van der Waals surface area contributed by atoms with Crippen molar-refractivity contribution in [2.45, 2.75) is 13.5 Å². The SMILES string of the molecule is Cc1c(C=NNC(=O)c2ccncc2)c2ccccc2n1Cc1ccccc1. The van der Waals surface area contributed by atoms with Crippen LogP contribution in [0.4, 0.5) is 0 Å². The lowest BCUT2D eigenvalue weighted by Gasteiger charge is -2.08. The monoisotopic (exact) mass is 368 g/mol. The lowest BCUT2D eigenvalue weighted by atomic mass is 10.1. The average molecular weight is 368 g/mol. The zero-order valence-corrected chi connectivity index (χ0v) is 15.5. The van der Waals surface area contributed by atoms with Gasteiger partial charge in [-0.25, -0.2) is 5.43 Å². The number of carbonyl (C=O) groups excluding carboxylic acids is 1. The molecule has 4 aromatic rings. The summed E-state index contributed by atoms with van der Waals surface area (Å²) in [6.07, 6.45) is 4.89. The van der Waals surface area contributed by atoms with Gasteiger partial charge in [0.15, 0.2) is 0 Å². The molecule has 0 aliphatic rings. The molecule has 0 aliphatic heterocycles. The Bertz CT molecular complexity index is 1130. The van der Waals surface area contributed by atoms with Crippen molar-refractivity contribution in [2.75, 3.05) is 0 Å². The van der Waals surface area contributed by atoms with Crippen molar-refractivity contribution in [2.24, 2.45) is 5.10 Å². The van der Waals surface area contributed by atoms with Gasteiger partial charge in [0.1, 0.15) is 0 Å². The number of benzene rings is 2. The first-order valence-corrected chi connectivity index (χ1v) is 9.09. The average Bonchev–Trinajstić information content (AvgIpc) is 3.01. The number of hydrogen-bond acceptors (Lipinski definition) is 3. The molecule has 2 aromatic carbocycles. The molecular formula is C23H20N4O. The third-order valence-electron chi connectivity index (χ3n) is 4.77. The number of nitrogens with zero attached hydrogens (tertiary/aromatic N) is 3. The van der Waals surface area contributed by atoms with Crippen LogP contribution in [-0.2, 0) is 6.54 Å².